The molecule has 0 spiro atoms. The van der Waals surface area contributed by atoms with Crippen molar-refractivity contribution in [1.82, 2.24) is 10.2 Å². The highest BCUT2D eigenvalue weighted by atomic mass is 16.3. The Morgan fingerprint density at radius 2 is 2.04 bits per heavy atom. The lowest BCUT2D eigenvalue weighted by molar-refractivity contribution is 0.0519. The maximum atomic E-state index is 12.3. The molecule has 0 radical (unpaired) electrons. The summed E-state index contributed by atoms with van der Waals surface area (Å²) in [7, 11) is 4.01. The fraction of sp³-hybridized carbons (Fsp3) is 0.611. The first kappa shape index (κ1) is 17.6. The molecule has 1 aliphatic rings. The van der Waals surface area contributed by atoms with Crippen LogP contribution in [0.3, 0.4) is 0 Å². The Balaban J connectivity index is 1.85. The van der Waals surface area contributed by atoms with Crippen LogP contribution in [-0.4, -0.2) is 49.8 Å². The van der Waals surface area contributed by atoms with Crippen molar-refractivity contribution in [2.45, 2.75) is 32.7 Å². The summed E-state index contributed by atoms with van der Waals surface area (Å²) in [5.41, 5.74) is 2.24. The maximum Gasteiger partial charge on any atom is 0.317 e. The summed E-state index contributed by atoms with van der Waals surface area (Å²) in [4.78, 5) is 16.2. The maximum absolute atomic E-state index is 12.3. The van der Waals surface area contributed by atoms with Crippen molar-refractivity contribution in [2.75, 3.05) is 38.7 Å². The first-order valence-corrected chi connectivity index (χ1v) is 8.39. The number of carbonyl (C=O) groups excluding carboxylic acids is 1. The van der Waals surface area contributed by atoms with Crippen LogP contribution in [0.2, 0.25) is 0 Å². The van der Waals surface area contributed by atoms with Crippen molar-refractivity contribution >= 4 is 11.7 Å². The van der Waals surface area contributed by atoms with Crippen molar-refractivity contribution in [3.8, 4) is 0 Å². The molecule has 1 fully saturated rings. The third-order valence-corrected chi connectivity index (χ3v) is 5.07. The molecule has 5 nitrogen and oxygen atoms in total. The smallest absolute Gasteiger partial charge is 0.317 e. The molecule has 1 aliphatic heterocycles. The molecular formula is C18H29N3O2. The van der Waals surface area contributed by atoms with E-state index in [9.17, 15) is 9.90 Å². The van der Waals surface area contributed by atoms with Crippen molar-refractivity contribution in [3.05, 3.63) is 29.8 Å². The van der Waals surface area contributed by atoms with Crippen LogP contribution in [0.1, 0.15) is 31.7 Å². The second-order valence-corrected chi connectivity index (χ2v) is 6.72. The molecule has 2 amide bonds. The highest BCUT2D eigenvalue weighted by Gasteiger charge is 2.33. The monoisotopic (exact) mass is 319 g/mol. The first-order valence-electron chi connectivity index (χ1n) is 8.39. The molecule has 1 heterocycles. The number of carbonyl (C=O) groups is 1. The largest absolute Gasteiger partial charge is 0.396 e. The van der Waals surface area contributed by atoms with E-state index in [4.69, 9.17) is 0 Å². The zero-order chi connectivity index (χ0) is 16.9. The number of likely N-dealkylation sites (tertiary alicyclic amines) is 1. The molecule has 0 bridgehead atoms. The zero-order valence-electron chi connectivity index (χ0n) is 14.5. The third-order valence-electron chi connectivity index (χ3n) is 5.07. The van der Waals surface area contributed by atoms with Gasteiger partial charge in [0.1, 0.15) is 0 Å². The Hall–Kier alpha value is -1.75. The summed E-state index contributed by atoms with van der Waals surface area (Å²) in [5.74, 6) is 0. The van der Waals surface area contributed by atoms with Crippen molar-refractivity contribution in [1.29, 1.82) is 0 Å². The van der Waals surface area contributed by atoms with Gasteiger partial charge in [0.15, 0.2) is 0 Å². The highest BCUT2D eigenvalue weighted by Crippen LogP contribution is 2.34. The number of nitrogens with zero attached hydrogens (tertiary/aromatic N) is 2. The predicted octanol–water partition coefficient (Wildman–Crippen LogP) is 2.45. The minimum Gasteiger partial charge on any atom is -0.396 e. The Morgan fingerprint density at radius 3 is 2.61 bits per heavy atom. The van der Waals surface area contributed by atoms with Crippen LogP contribution < -0.4 is 10.2 Å². The number of urea groups is 1. The Kier molecular flexibility index (Phi) is 5.88. The van der Waals surface area contributed by atoms with Gasteiger partial charge in [-0.1, -0.05) is 19.1 Å². The molecule has 2 N–H and O–H groups in total. The standard InChI is InChI=1S/C18H29N3O2/c1-4-18(14-22)8-10-21(11-9-18)17(23)19-13-15-6-5-7-16(12-15)20(2)3/h5-7,12,22H,4,8-11,13-14H2,1-3H3,(H,19,23). The fourth-order valence-corrected chi connectivity index (χ4v) is 3.04. The summed E-state index contributed by atoms with van der Waals surface area (Å²) >= 11 is 0. The average Bonchev–Trinajstić information content (AvgIpc) is 2.60. The van der Waals surface area contributed by atoms with Crippen LogP contribution in [-0.2, 0) is 6.54 Å². The fourth-order valence-electron chi connectivity index (χ4n) is 3.04. The summed E-state index contributed by atoms with van der Waals surface area (Å²) in [5, 5.41) is 12.6. The third kappa shape index (κ3) is 4.38. The molecular weight excluding hydrogens is 290 g/mol. The van der Waals surface area contributed by atoms with Gasteiger partial charge in [0.2, 0.25) is 0 Å². The van der Waals surface area contributed by atoms with Gasteiger partial charge in [-0.2, -0.15) is 0 Å². The predicted molar refractivity (Wildman–Crippen MR) is 93.6 cm³/mol. The average molecular weight is 319 g/mol. The molecule has 1 aromatic carbocycles. The molecule has 0 unspecified atom stereocenters. The van der Waals surface area contributed by atoms with Gasteiger partial charge in [-0.25, -0.2) is 4.79 Å². The topological polar surface area (TPSA) is 55.8 Å². The second kappa shape index (κ2) is 7.68. The Bertz CT molecular complexity index is 517. The van der Waals surface area contributed by atoms with Crippen molar-refractivity contribution in [2.24, 2.45) is 5.41 Å². The lowest BCUT2D eigenvalue weighted by atomic mass is 9.77. The number of nitrogens with one attached hydrogen (secondary N) is 1. The Morgan fingerprint density at radius 1 is 1.35 bits per heavy atom. The lowest BCUT2D eigenvalue weighted by Gasteiger charge is -2.40. The number of rotatable bonds is 5. The van der Waals surface area contributed by atoms with Gasteiger partial charge in [-0.05, 0) is 42.4 Å². The van der Waals surface area contributed by atoms with Gasteiger partial charge in [0.25, 0.3) is 0 Å². The molecule has 23 heavy (non-hydrogen) atoms. The summed E-state index contributed by atoms with van der Waals surface area (Å²) in [6.07, 6.45) is 2.73. The lowest BCUT2D eigenvalue weighted by Crippen LogP contribution is -2.48. The first-order chi connectivity index (χ1) is 11.0. The van der Waals surface area contributed by atoms with E-state index in [-0.39, 0.29) is 18.1 Å². The van der Waals surface area contributed by atoms with E-state index in [1.54, 1.807) is 0 Å². The van der Waals surface area contributed by atoms with Crippen molar-refractivity contribution < 1.29 is 9.90 Å². The van der Waals surface area contributed by atoms with E-state index in [2.05, 4.69) is 29.3 Å². The van der Waals surface area contributed by atoms with Crippen LogP contribution in [0.4, 0.5) is 10.5 Å². The molecule has 0 aliphatic carbocycles. The Labute approximate surface area is 139 Å². The molecule has 0 saturated carbocycles. The molecule has 2 rings (SSSR count). The molecule has 0 atom stereocenters. The van der Waals surface area contributed by atoms with E-state index in [0.29, 0.717) is 6.54 Å². The summed E-state index contributed by atoms with van der Waals surface area (Å²) in [6.45, 7) is 4.31. The number of amides is 2. The normalized spacial score (nSPS) is 17.0. The second-order valence-electron chi connectivity index (χ2n) is 6.72. The van der Waals surface area contributed by atoms with Crippen LogP contribution in [0.25, 0.3) is 0 Å². The van der Waals surface area contributed by atoms with Gasteiger partial charge < -0.3 is 20.2 Å². The van der Waals surface area contributed by atoms with Gasteiger partial charge >= 0.3 is 6.03 Å². The number of anilines is 1. The number of aliphatic hydroxyl groups is 1. The van der Waals surface area contributed by atoms with E-state index in [0.717, 1.165) is 43.6 Å². The van der Waals surface area contributed by atoms with Crippen LogP contribution in [0.5, 0.6) is 0 Å². The molecule has 128 valence electrons. The SMILES string of the molecule is CCC1(CO)CCN(C(=O)NCc2cccc(N(C)C)c2)CC1. The van der Waals surface area contributed by atoms with Crippen molar-refractivity contribution in [3.63, 3.8) is 0 Å². The van der Waals surface area contributed by atoms with E-state index in [1.165, 1.54) is 0 Å². The van der Waals surface area contributed by atoms with Gasteiger partial charge in [-0.15, -0.1) is 0 Å². The summed E-state index contributed by atoms with van der Waals surface area (Å²) < 4.78 is 0. The van der Waals surface area contributed by atoms with E-state index >= 15 is 0 Å². The number of hydrogen-bond donors (Lipinski definition) is 2. The van der Waals surface area contributed by atoms with Gasteiger partial charge in [0, 0.05) is 46.0 Å². The van der Waals surface area contributed by atoms with Gasteiger partial charge in [-0.3, -0.25) is 0 Å². The minimum absolute atomic E-state index is 0.0107. The number of piperidine rings is 1. The van der Waals surface area contributed by atoms with E-state index < -0.39 is 0 Å². The molecule has 1 saturated heterocycles. The summed E-state index contributed by atoms with van der Waals surface area (Å²) in [6, 6.07) is 8.16. The van der Waals surface area contributed by atoms with Gasteiger partial charge in [0.05, 0.1) is 0 Å². The van der Waals surface area contributed by atoms with Crippen LogP contribution >= 0.6 is 0 Å². The molecule has 5 heteroatoms. The number of benzene rings is 1. The number of aliphatic hydroxyl groups excluding tert-OH is 1. The van der Waals surface area contributed by atoms with Crippen LogP contribution in [0, 0.1) is 5.41 Å². The zero-order valence-corrected chi connectivity index (χ0v) is 14.5. The molecule has 1 aromatic rings. The quantitative estimate of drug-likeness (QED) is 0.876. The highest BCUT2D eigenvalue weighted by molar-refractivity contribution is 5.74. The number of hydrogen-bond acceptors (Lipinski definition) is 3. The minimum atomic E-state index is -0.0112. The van der Waals surface area contributed by atoms with E-state index in [1.807, 2.05) is 31.1 Å². The van der Waals surface area contributed by atoms with Crippen LogP contribution in [0.15, 0.2) is 24.3 Å². The molecule has 0 aromatic heterocycles.